The SMILES string of the molecule is Cn1cc(C(O)(c2ccc(NC(=O)NC3CCCC3)c(C=N)c2)C(F)(F)F)c2ccccc21. The summed E-state index contributed by atoms with van der Waals surface area (Å²) in [6, 6.07) is 9.63. The molecule has 33 heavy (non-hydrogen) atoms. The summed E-state index contributed by atoms with van der Waals surface area (Å²) < 4.78 is 44.7. The monoisotopic (exact) mass is 458 g/mol. The zero-order valence-corrected chi connectivity index (χ0v) is 18.0. The Kier molecular flexibility index (Phi) is 5.92. The lowest BCUT2D eigenvalue weighted by atomic mass is 9.84. The van der Waals surface area contributed by atoms with Crippen LogP contribution in [0.25, 0.3) is 10.9 Å². The number of nitrogens with zero attached hydrogens (tertiary/aromatic N) is 1. The lowest BCUT2D eigenvalue weighted by molar-refractivity contribution is -0.247. The first-order chi connectivity index (χ1) is 15.6. The molecule has 4 N–H and O–H groups in total. The molecule has 6 nitrogen and oxygen atoms in total. The lowest BCUT2D eigenvalue weighted by Crippen LogP contribution is -2.43. The minimum atomic E-state index is -5.04. The van der Waals surface area contributed by atoms with Gasteiger partial charge in [0, 0.05) is 47.5 Å². The normalized spacial score (nSPS) is 16.5. The molecule has 4 rings (SSSR count). The van der Waals surface area contributed by atoms with E-state index in [1.807, 2.05) is 0 Å². The van der Waals surface area contributed by atoms with E-state index in [-0.39, 0.29) is 28.2 Å². The summed E-state index contributed by atoms with van der Waals surface area (Å²) >= 11 is 0. The van der Waals surface area contributed by atoms with Gasteiger partial charge in [0.05, 0.1) is 5.69 Å². The Morgan fingerprint density at radius 2 is 1.88 bits per heavy atom. The summed E-state index contributed by atoms with van der Waals surface area (Å²) in [7, 11) is 1.61. The molecule has 0 spiro atoms. The first-order valence-corrected chi connectivity index (χ1v) is 10.7. The van der Waals surface area contributed by atoms with Gasteiger partial charge >= 0.3 is 12.2 Å². The summed E-state index contributed by atoms with van der Waals surface area (Å²) in [6.07, 6.45) is 0.926. The highest BCUT2D eigenvalue weighted by Gasteiger charge is 2.57. The van der Waals surface area contributed by atoms with Crippen molar-refractivity contribution in [2.24, 2.45) is 7.05 Å². The van der Waals surface area contributed by atoms with E-state index in [9.17, 15) is 23.1 Å². The van der Waals surface area contributed by atoms with Gasteiger partial charge in [-0.25, -0.2) is 4.79 Å². The number of hydrogen-bond acceptors (Lipinski definition) is 3. The van der Waals surface area contributed by atoms with Crippen molar-refractivity contribution in [2.45, 2.75) is 43.5 Å². The molecule has 9 heteroatoms. The van der Waals surface area contributed by atoms with Crippen LogP contribution in [-0.4, -0.2) is 34.1 Å². The Bertz CT molecular complexity index is 1200. The molecule has 2 amide bonds. The molecule has 0 saturated heterocycles. The summed E-state index contributed by atoms with van der Waals surface area (Å²) in [5.41, 5.74) is -3.26. The Balaban J connectivity index is 1.74. The number of aromatic nitrogens is 1. The molecule has 1 saturated carbocycles. The van der Waals surface area contributed by atoms with Crippen LogP contribution >= 0.6 is 0 Å². The molecule has 174 valence electrons. The Morgan fingerprint density at radius 3 is 2.55 bits per heavy atom. The summed E-state index contributed by atoms with van der Waals surface area (Å²) in [6.45, 7) is 0. The van der Waals surface area contributed by atoms with Crippen molar-refractivity contribution in [2.75, 3.05) is 5.32 Å². The van der Waals surface area contributed by atoms with Crippen molar-refractivity contribution >= 4 is 28.8 Å². The predicted molar refractivity (Wildman–Crippen MR) is 121 cm³/mol. The molecule has 3 aromatic rings. The first kappa shape index (κ1) is 22.8. The van der Waals surface area contributed by atoms with Gasteiger partial charge in [-0.1, -0.05) is 37.1 Å². The maximum Gasteiger partial charge on any atom is 0.425 e. The minimum Gasteiger partial charge on any atom is -0.372 e. The lowest BCUT2D eigenvalue weighted by Gasteiger charge is -2.31. The van der Waals surface area contributed by atoms with Gasteiger partial charge in [-0.3, -0.25) is 0 Å². The number of amides is 2. The highest BCUT2D eigenvalue weighted by Crippen LogP contribution is 2.47. The van der Waals surface area contributed by atoms with E-state index in [1.165, 1.54) is 22.9 Å². The van der Waals surface area contributed by atoms with Gasteiger partial charge in [0.25, 0.3) is 0 Å². The fourth-order valence-corrected chi connectivity index (χ4v) is 4.54. The predicted octanol–water partition coefficient (Wildman–Crippen LogP) is 5.04. The highest BCUT2D eigenvalue weighted by molar-refractivity contribution is 5.96. The van der Waals surface area contributed by atoms with E-state index in [1.54, 1.807) is 25.2 Å². The van der Waals surface area contributed by atoms with Gasteiger partial charge in [-0.05, 0) is 36.6 Å². The maximum atomic E-state index is 14.4. The molecule has 1 heterocycles. The number of carbonyl (C=O) groups excluding carboxylic acids is 1. The van der Waals surface area contributed by atoms with E-state index >= 15 is 0 Å². The van der Waals surface area contributed by atoms with Gasteiger partial charge in [-0.2, -0.15) is 13.2 Å². The third kappa shape index (κ3) is 4.08. The molecule has 0 bridgehead atoms. The van der Waals surface area contributed by atoms with Crippen molar-refractivity contribution in [3.8, 4) is 0 Å². The number of alkyl halides is 3. The number of benzene rings is 2. The van der Waals surface area contributed by atoms with E-state index in [4.69, 9.17) is 5.41 Å². The number of halogens is 3. The van der Waals surface area contributed by atoms with Crippen molar-refractivity contribution < 1.29 is 23.1 Å². The summed E-state index contributed by atoms with van der Waals surface area (Å²) in [5.74, 6) is 0. The Labute approximate surface area is 188 Å². The summed E-state index contributed by atoms with van der Waals surface area (Å²) in [5, 5.41) is 24.6. The molecule has 1 aliphatic rings. The zero-order chi connectivity index (χ0) is 23.8. The second-order valence-electron chi connectivity index (χ2n) is 8.41. The van der Waals surface area contributed by atoms with E-state index in [0.29, 0.717) is 5.52 Å². The molecule has 1 aromatic heterocycles. The van der Waals surface area contributed by atoms with Gasteiger partial charge in [0.1, 0.15) is 0 Å². The smallest absolute Gasteiger partial charge is 0.372 e. The third-order valence-corrected chi connectivity index (χ3v) is 6.26. The van der Waals surface area contributed by atoms with E-state index < -0.39 is 23.4 Å². The Morgan fingerprint density at radius 1 is 1.18 bits per heavy atom. The number of aliphatic hydroxyl groups is 1. The van der Waals surface area contributed by atoms with Crippen LogP contribution in [-0.2, 0) is 12.6 Å². The van der Waals surface area contributed by atoms with Crippen molar-refractivity contribution in [3.05, 3.63) is 65.4 Å². The molecular weight excluding hydrogens is 433 g/mol. The van der Waals surface area contributed by atoms with Crippen LogP contribution in [0, 0.1) is 5.41 Å². The molecule has 1 aliphatic carbocycles. The van der Waals surface area contributed by atoms with Crippen molar-refractivity contribution in [1.29, 1.82) is 5.41 Å². The molecule has 1 fully saturated rings. The topological polar surface area (TPSA) is 90.1 Å². The second kappa shape index (κ2) is 8.55. The summed E-state index contributed by atoms with van der Waals surface area (Å²) in [4.78, 5) is 12.3. The van der Waals surface area contributed by atoms with E-state index in [2.05, 4.69) is 10.6 Å². The number of fused-ring (bicyclic) bond motifs is 1. The van der Waals surface area contributed by atoms with Gasteiger partial charge in [-0.15, -0.1) is 0 Å². The van der Waals surface area contributed by atoms with Crippen LogP contribution in [0.2, 0.25) is 0 Å². The fourth-order valence-electron chi connectivity index (χ4n) is 4.54. The quantitative estimate of drug-likeness (QED) is 0.404. The zero-order valence-electron chi connectivity index (χ0n) is 18.0. The number of nitrogens with one attached hydrogen (secondary N) is 3. The Hall–Kier alpha value is -3.33. The van der Waals surface area contributed by atoms with Crippen LogP contribution in [0.3, 0.4) is 0 Å². The number of anilines is 1. The minimum absolute atomic E-state index is 0.0528. The molecule has 2 aromatic carbocycles. The standard InChI is InChI=1S/C24H25F3N4O2/c1-31-14-19(18-8-4-5-9-21(18)31)23(33,24(25,26)27)16-10-11-20(15(12-16)13-28)30-22(32)29-17-6-2-3-7-17/h4-5,8-14,17,28,33H,2-3,6-7H2,1H3,(H2,29,30,32). The number of carbonyl (C=O) groups is 1. The fraction of sp³-hybridized carbons (Fsp3) is 0.333. The average molecular weight is 458 g/mol. The van der Waals surface area contributed by atoms with E-state index in [0.717, 1.165) is 44.0 Å². The van der Waals surface area contributed by atoms with Crippen LogP contribution in [0.1, 0.15) is 42.4 Å². The van der Waals surface area contributed by atoms with Gasteiger partial charge in [0.2, 0.25) is 5.60 Å². The number of rotatable bonds is 5. The number of para-hydroxylation sites is 1. The van der Waals surface area contributed by atoms with Crippen LogP contribution in [0.4, 0.5) is 23.7 Å². The van der Waals surface area contributed by atoms with Crippen LogP contribution in [0.5, 0.6) is 0 Å². The van der Waals surface area contributed by atoms with Gasteiger partial charge in [0.15, 0.2) is 0 Å². The molecule has 0 radical (unpaired) electrons. The maximum absolute atomic E-state index is 14.4. The molecule has 0 aliphatic heterocycles. The second-order valence-corrected chi connectivity index (χ2v) is 8.41. The largest absolute Gasteiger partial charge is 0.425 e. The van der Waals surface area contributed by atoms with Crippen molar-refractivity contribution in [3.63, 3.8) is 0 Å². The number of hydrogen-bond donors (Lipinski definition) is 4. The third-order valence-electron chi connectivity index (χ3n) is 6.26. The van der Waals surface area contributed by atoms with Crippen molar-refractivity contribution in [1.82, 2.24) is 9.88 Å². The average Bonchev–Trinajstić information content (AvgIpc) is 3.40. The molecule has 1 atom stereocenters. The van der Waals surface area contributed by atoms with Crippen LogP contribution < -0.4 is 10.6 Å². The number of urea groups is 1. The number of aryl methyl sites for hydroxylation is 1. The van der Waals surface area contributed by atoms with Crippen LogP contribution in [0.15, 0.2) is 48.7 Å². The first-order valence-electron chi connectivity index (χ1n) is 10.7. The molecule has 1 unspecified atom stereocenters. The highest BCUT2D eigenvalue weighted by atomic mass is 19.4. The molecular formula is C24H25F3N4O2. The van der Waals surface area contributed by atoms with Gasteiger partial charge < -0.3 is 25.7 Å².